The lowest BCUT2D eigenvalue weighted by molar-refractivity contribution is -0.139. The van der Waals surface area contributed by atoms with E-state index in [0.29, 0.717) is 18.0 Å². The third kappa shape index (κ3) is 8.10. The Morgan fingerprint density at radius 2 is 1.54 bits per heavy atom. The fourth-order valence-electron chi connectivity index (χ4n) is 4.26. The van der Waals surface area contributed by atoms with Gasteiger partial charge in [-0.2, -0.15) is 0 Å². The van der Waals surface area contributed by atoms with Crippen LogP contribution in [0.5, 0.6) is 5.75 Å². The second kappa shape index (κ2) is 14.2. The molecule has 0 radical (unpaired) electrons. The highest BCUT2D eigenvalue weighted by molar-refractivity contribution is 7.92. The second-order valence-corrected chi connectivity index (χ2v) is 12.1. The van der Waals surface area contributed by atoms with Gasteiger partial charge in [-0.3, -0.25) is 13.9 Å². The molecular formula is C32H41N3O5S. The fourth-order valence-corrected chi connectivity index (χ4v) is 5.67. The van der Waals surface area contributed by atoms with E-state index in [0.717, 1.165) is 27.4 Å². The van der Waals surface area contributed by atoms with Crippen molar-refractivity contribution in [3.05, 3.63) is 89.5 Å². The molecule has 0 heterocycles. The first-order valence-corrected chi connectivity index (χ1v) is 15.4. The van der Waals surface area contributed by atoms with E-state index >= 15 is 0 Å². The largest absolute Gasteiger partial charge is 0.494 e. The number of ether oxygens (including phenoxy) is 1. The summed E-state index contributed by atoms with van der Waals surface area (Å²) in [5.41, 5.74) is 3.07. The summed E-state index contributed by atoms with van der Waals surface area (Å²) < 4.78 is 34.5. The molecule has 2 unspecified atom stereocenters. The number of rotatable bonds is 13. The van der Waals surface area contributed by atoms with Gasteiger partial charge in [-0.15, -0.1) is 0 Å². The second-order valence-electron chi connectivity index (χ2n) is 10.2. The van der Waals surface area contributed by atoms with E-state index in [1.54, 1.807) is 43.3 Å². The highest BCUT2D eigenvalue weighted by Gasteiger charge is 2.33. The SMILES string of the molecule is CCOc1ccc(N(CC(=O)N(Cc2ccccc2C)C(C)C(=O)NC(C)CC)S(=O)(=O)c2ccc(C)cc2)cc1. The maximum atomic E-state index is 14.1. The molecule has 0 aliphatic carbocycles. The van der Waals surface area contributed by atoms with Gasteiger partial charge in [0, 0.05) is 12.6 Å². The summed E-state index contributed by atoms with van der Waals surface area (Å²) in [4.78, 5) is 28.8. The molecular weight excluding hydrogens is 538 g/mol. The number of carbonyl (C=O) groups is 2. The van der Waals surface area contributed by atoms with Crippen molar-refractivity contribution in [3.8, 4) is 5.75 Å². The summed E-state index contributed by atoms with van der Waals surface area (Å²) in [6.07, 6.45) is 0.741. The fraction of sp³-hybridized carbons (Fsp3) is 0.375. The lowest BCUT2D eigenvalue weighted by Gasteiger charge is -2.32. The Bertz CT molecular complexity index is 1420. The number of aryl methyl sites for hydroxylation is 2. The number of carbonyl (C=O) groups excluding carboxylic acids is 2. The lowest BCUT2D eigenvalue weighted by Crippen LogP contribution is -2.52. The number of nitrogens with zero attached hydrogens (tertiary/aromatic N) is 2. The van der Waals surface area contributed by atoms with Gasteiger partial charge in [-0.1, -0.05) is 48.9 Å². The monoisotopic (exact) mass is 579 g/mol. The Morgan fingerprint density at radius 3 is 2.12 bits per heavy atom. The number of hydrogen-bond donors (Lipinski definition) is 1. The molecule has 2 amide bonds. The number of sulfonamides is 1. The molecule has 0 saturated heterocycles. The predicted molar refractivity (Wildman–Crippen MR) is 162 cm³/mol. The van der Waals surface area contributed by atoms with Gasteiger partial charge >= 0.3 is 0 Å². The van der Waals surface area contributed by atoms with Gasteiger partial charge in [0.15, 0.2) is 0 Å². The summed E-state index contributed by atoms with van der Waals surface area (Å²) in [5.74, 6) is -0.202. The molecule has 3 aromatic carbocycles. The van der Waals surface area contributed by atoms with Crippen LogP contribution in [0.2, 0.25) is 0 Å². The average molecular weight is 580 g/mol. The van der Waals surface area contributed by atoms with Crippen LogP contribution in [0.4, 0.5) is 5.69 Å². The number of amides is 2. The molecule has 0 spiro atoms. The minimum absolute atomic E-state index is 0.0670. The van der Waals surface area contributed by atoms with Crippen LogP contribution in [0.15, 0.2) is 77.7 Å². The molecule has 0 saturated carbocycles. The first-order valence-electron chi connectivity index (χ1n) is 13.9. The summed E-state index contributed by atoms with van der Waals surface area (Å²) in [5, 5.41) is 2.95. The zero-order chi connectivity index (χ0) is 30.2. The molecule has 41 heavy (non-hydrogen) atoms. The normalized spacial score (nSPS) is 12.7. The van der Waals surface area contributed by atoms with Crippen LogP contribution in [0.1, 0.15) is 50.8 Å². The minimum Gasteiger partial charge on any atom is -0.494 e. The maximum absolute atomic E-state index is 14.1. The number of hydrogen-bond acceptors (Lipinski definition) is 5. The molecule has 1 N–H and O–H groups in total. The topological polar surface area (TPSA) is 96.0 Å². The van der Waals surface area contributed by atoms with E-state index in [1.807, 2.05) is 58.9 Å². The smallest absolute Gasteiger partial charge is 0.264 e. The molecule has 8 nitrogen and oxygen atoms in total. The van der Waals surface area contributed by atoms with Gasteiger partial charge in [0.1, 0.15) is 18.3 Å². The van der Waals surface area contributed by atoms with Crippen LogP contribution in [0.3, 0.4) is 0 Å². The van der Waals surface area contributed by atoms with Crippen LogP contribution in [0.25, 0.3) is 0 Å². The zero-order valence-electron chi connectivity index (χ0n) is 24.8. The van der Waals surface area contributed by atoms with Gasteiger partial charge in [-0.05, 0) is 88.6 Å². The molecule has 0 aliphatic heterocycles. The molecule has 2 atom stereocenters. The maximum Gasteiger partial charge on any atom is 0.264 e. The lowest BCUT2D eigenvalue weighted by atomic mass is 10.1. The zero-order valence-corrected chi connectivity index (χ0v) is 25.6. The van der Waals surface area contributed by atoms with E-state index in [9.17, 15) is 18.0 Å². The number of nitrogens with one attached hydrogen (secondary N) is 1. The molecule has 0 fully saturated rings. The van der Waals surface area contributed by atoms with Crippen molar-refractivity contribution in [1.29, 1.82) is 0 Å². The van der Waals surface area contributed by atoms with Crippen molar-refractivity contribution >= 4 is 27.5 Å². The van der Waals surface area contributed by atoms with Gasteiger partial charge in [0.25, 0.3) is 10.0 Å². The molecule has 3 aromatic rings. The predicted octanol–water partition coefficient (Wildman–Crippen LogP) is 5.23. The summed E-state index contributed by atoms with van der Waals surface area (Å²) in [6.45, 7) is 11.4. The van der Waals surface area contributed by atoms with Crippen molar-refractivity contribution < 1.29 is 22.7 Å². The van der Waals surface area contributed by atoms with Crippen molar-refractivity contribution in [2.24, 2.45) is 0 Å². The van der Waals surface area contributed by atoms with Crippen molar-refractivity contribution in [2.45, 2.75) is 71.5 Å². The van der Waals surface area contributed by atoms with Gasteiger partial charge in [0.05, 0.1) is 17.2 Å². The van der Waals surface area contributed by atoms with E-state index in [-0.39, 0.29) is 23.4 Å². The van der Waals surface area contributed by atoms with Crippen LogP contribution in [-0.2, 0) is 26.2 Å². The van der Waals surface area contributed by atoms with Crippen molar-refractivity contribution in [1.82, 2.24) is 10.2 Å². The van der Waals surface area contributed by atoms with E-state index in [2.05, 4.69) is 5.32 Å². The molecule has 3 rings (SSSR count). The number of benzene rings is 3. The average Bonchev–Trinajstić information content (AvgIpc) is 2.95. The summed E-state index contributed by atoms with van der Waals surface area (Å²) in [7, 11) is -4.13. The van der Waals surface area contributed by atoms with E-state index in [4.69, 9.17) is 4.74 Å². The Hall–Kier alpha value is -3.85. The van der Waals surface area contributed by atoms with Crippen LogP contribution in [0, 0.1) is 13.8 Å². The Morgan fingerprint density at radius 1 is 0.902 bits per heavy atom. The quantitative estimate of drug-likeness (QED) is 0.299. The molecule has 220 valence electrons. The number of anilines is 1. The van der Waals surface area contributed by atoms with E-state index in [1.165, 1.54) is 17.0 Å². The first-order chi connectivity index (χ1) is 19.5. The van der Waals surface area contributed by atoms with Gasteiger partial charge in [-0.25, -0.2) is 8.42 Å². The van der Waals surface area contributed by atoms with Crippen LogP contribution < -0.4 is 14.4 Å². The van der Waals surface area contributed by atoms with Gasteiger partial charge < -0.3 is 15.0 Å². The van der Waals surface area contributed by atoms with Crippen LogP contribution in [-0.4, -0.2) is 50.4 Å². The molecule has 0 bridgehead atoms. The van der Waals surface area contributed by atoms with Crippen molar-refractivity contribution in [2.75, 3.05) is 17.5 Å². The Balaban J connectivity index is 2.04. The highest BCUT2D eigenvalue weighted by atomic mass is 32.2. The molecule has 9 heteroatoms. The first kappa shape index (κ1) is 31.7. The standard InChI is InChI=1S/C32H41N3O5S/c1-7-25(5)33-32(37)26(6)34(21-27-12-10-9-11-24(27)4)31(36)22-35(28-15-17-29(18-16-28)40-8-2)41(38,39)30-19-13-23(3)14-20-30/h9-20,25-26H,7-8,21-22H2,1-6H3,(H,33,37). The Labute approximate surface area is 244 Å². The highest BCUT2D eigenvalue weighted by Crippen LogP contribution is 2.27. The summed E-state index contributed by atoms with van der Waals surface area (Å²) in [6, 6.07) is 19.8. The third-order valence-electron chi connectivity index (χ3n) is 7.09. The Kier molecular flexibility index (Phi) is 10.9. The third-order valence-corrected chi connectivity index (χ3v) is 8.88. The summed E-state index contributed by atoms with van der Waals surface area (Å²) >= 11 is 0. The minimum atomic E-state index is -4.13. The molecule has 0 aromatic heterocycles. The van der Waals surface area contributed by atoms with Crippen molar-refractivity contribution in [3.63, 3.8) is 0 Å². The molecule has 0 aliphatic rings. The van der Waals surface area contributed by atoms with E-state index < -0.39 is 28.5 Å². The van der Waals surface area contributed by atoms with Crippen LogP contribution >= 0.6 is 0 Å². The van der Waals surface area contributed by atoms with Gasteiger partial charge in [0.2, 0.25) is 11.8 Å².